The van der Waals surface area contributed by atoms with Crippen LogP contribution in [0.15, 0.2) is 71.3 Å². The van der Waals surface area contributed by atoms with Crippen LogP contribution < -0.4 is 18.6 Å². The number of hydrogen-bond donors (Lipinski definition) is 0. The smallest absolute Gasteiger partial charge is 0.222 e. The number of hydrogen-bond acceptors (Lipinski definition) is 4. The first-order valence-electron chi connectivity index (χ1n) is 5.91. The summed E-state index contributed by atoms with van der Waals surface area (Å²) >= 11 is 0. The van der Waals surface area contributed by atoms with Crippen molar-refractivity contribution in [2.24, 2.45) is 0 Å². The minimum Gasteiger partial charge on any atom is -0.222 e. The second-order valence-electron chi connectivity index (χ2n) is 4.12. The lowest BCUT2D eigenvalue weighted by atomic mass is 10.1. The minimum absolute atomic E-state index is 0.919. The summed E-state index contributed by atoms with van der Waals surface area (Å²) in [5.41, 5.74) is 3.21. The first-order chi connectivity index (χ1) is 9.93. The molecule has 5 nitrogen and oxygen atoms in total. The number of fused-ring (bicyclic) bond motifs is 1. The topological polar surface area (TPSA) is 104 Å². The van der Waals surface area contributed by atoms with Crippen molar-refractivity contribution in [2.45, 2.75) is 0 Å². The molecule has 0 aliphatic heterocycles. The first kappa shape index (κ1) is 15.4. The Morgan fingerprint density at radius 2 is 1.29 bits per heavy atom. The van der Waals surface area contributed by atoms with Gasteiger partial charge in [0.25, 0.3) is 0 Å². The number of benzene rings is 2. The Labute approximate surface area is 123 Å². The Bertz CT molecular complexity index is 704. The van der Waals surface area contributed by atoms with Crippen LogP contribution >= 0.6 is 0 Å². The standard InChI is InChI=1S/C15H11O.ClHO4/c1-2-6-12(7-3-1)14-10-13-8-4-5-9-15(13)16-11-14;2-1(3,4)5/h1-11H;(H,2,3,4,5)/q+1;/p-1. The summed E-state index contributed by atoms with van der Waals surface area (Å²) in [6.45, 7) is 0. The molecule has 3 aromatic rings. The maximum Gasteiger partial charge on any atom is 0.359 e. The lowest BCUT2D eigenvalue weighted by Crippen LogP contribution is -2.68. The van der Waals surface area contributed by atoms with Crippen LogP contribution in [-0.4, -0.2) is 0 Å². The number of rotatable bonds is 1. The third kappa shape index (κ3) is 5.11. The molecule has 0 fully saturated rings. The van der Waals surface area contributed by atoms with E-state index in [0.717, 1.165) is 16.5 Å². The summed E-state index contributed by atoms with van der Waals surface area (Å²) in [5, 5.41) is 1.13. The molecule has 108 valence electrons. The molecule has 1 heterocycles. The minimum atomic E-state index is -4.94. The molecule has 0 amide bonds. The van der Waals surface area contributed by atoms with Crippen molar-refractivity contribution >= 4 is 11.0 Å². The van der Waals surface area contributed by atoms with Gasteiger partial charge in [-0.15, -0.1) is 10.2 Å². The van der Waals surface area contributed by atoms with Crippen LogP contribution in [0.3, 0.4) is 0 Å². The maximum absolute atomic E-state index is 8.49. The van der Waals surface area contributed by atoms with E-state index >= 15 is 0 Å². The van der Waals surface area contributed by atoms with Gasteiger partial charge in [0.2, 0.25) is 0 Å². The highest BCUT2D eigenvalue weighted by Crippen LogP contribution is 2.23. The zero-order valence-corrected chi connectivity index (χ0v) is 11.5. The fourth-order valence-corrected chi connectivity index (χ4v) is 1.82. The van der Waals surface area contributed by atoms with Crippen LogP contribution in [0.5, 0.6) is 0 Å². The average molecular weight is 307 g/mol. The molecular formula is C15H11ClO5. The van der Waals surface area contributed by atoms with Crippen LogP contribution in [0.25, 0.3) is 22.1 Å². The van der Waals surface area contributed by atoms with Gasteiger partial charge in [0.05, 0.1) is 10.9 Å². The fraction of sp³-hybridized carbons (Fsp3) is 0. The van der Waals surface area contributed by atoms with Crippen LogP contribution in [-0.2, 0) is 0 Å². The monoisotopic (exact) mass is 306 g/mol. The molecule has 0 unspecified atom stereocenters. The predicted octanol–water partition coefficient (Wildman–Crippen LogP) is -0.375. The Hall–Kier alpha value is -2.02. The lowest BCUT2D eigenvalue weighted by molar-refractivity contribution is -2.00. The van der Waals surface area contributed by atoms with E-state index < -0.39 is 10.2 Å². The zero-order valence-electron chi connectivity index (χ0n) is 10.8. The van der Waals surface area contributed by atoms with E-state index in [0.29, 0.717) is 0 Å². The van der Waals surface area contributed by atoms with Crippen LogP contribution in [0.2, 0.25) is 0 Å². The predicted molar refractivity (Wildman–Crippen MR) is 66.1 cm³/mol. The van der Waals surface area contributed by atoms with Crippen molar-refractivity contribution in [3.05, 3.63) is 66.9 Å². The van der Waals surface area contributed by atoms with Gasteiger partial charge in [-0.25, -0.2) is 23.1 Å². The van der Waals surface area contributed by atoms with Gasteiger partial charge in [-0.05, 0) is 17.7 Å². The van der Waals surface area contributed by atoms with Crippen molar-refractivity contribution in [1.82, 2.24) is 0 Å². The van der Waals surface area contributed by atoms with Gasteiger partial charge in [0.15, 0.2) is 0 Å². The van der Waals surface area contributed by atoms with Crippen molar-refractivity contribution in [3.63, 3.8) is 0 Å². The fourth-order valence-electron chi connectivity index (χ4n) is 1.82. The molecule has 0 saturated heterocycles. The van der Waals surface area contributed by atoms with Gasteiger partial charge in [-0.3, -0.25) is 0 Å². The molecular weight excluding hydrogens is 296 g/mol. The summed E-state index contributed by atoms with van der Waals surface area (Å²) in [5.74, 6) is 0. The van der Waals surface area contributed by atoms with Gasteiger partial charge in [-0.2, -0.15) is 0 Å². The molecule has 0 spiro atoms. The molecule has 0 aliphatic carbocycles. The van der Waals surface area contributed by atoms with Gasteiger partial charge in [0.1, 0.15) is 0 Å². The average Bonchev–Trinajstić information content (AvgIpc) is 2.46. The van der Waals surface area contributed by atoms with Crippen molar-refractivity contribution in [1.29, 1.82) is 0 Å². The first-order valence-corrected chi connectivity index (χ1v) is 7.15. The second-order valence-corrected chi connectivity index (χ2v) is 4.87. The van der Waals surface area contributed by atoms with E-state index in [1.54, 1.807) is 6.26 Å². The summed E-state index contributed by atoms with van der Waals surface area (Å²) in [7, 11) is -4.94. The largest absolute Gasteiger partial charge is 0.359 e. The quantitative estimate of drug-likeness (QED) is 0.570. The number of halogens is 1. The van der Waals surface area contributed by atoms with E-state index in [9.17, 15) is 0 Å². The van der Waals surface area contributed by atoms with Crippen molar-refractivity contribution in [3.8, 4) is 11.1 Å². The van der Waals surface area contributed by atoms with Crippen LogP contribution in [0.1, 0.15) is 0 Å². The summed E-state index contributed by atoms with van der Waals surface area (Å²) < 4.78 is 39.6. The van der Waals surface area contributed by atoms with Gasteiger partial charge < -0.3 is 0 Å². The normalized spacial score (nSPS) is 10.9. The van der Waals surface area contributed by atoms with E-state index in [4.69, 9.17) is 23.1 Å². The summed E-state index contributed by atoms with van der Waals surface area (Å²) in [6, 6.07) is 20.4. The molecule has 3 rings (SSSR count). The maximum atomic E-state index is 8.49. The van der Waals surface area contributed by atoms with E-state index in [-0.39, 0.29) is 0 Å². The summed E-state index contributed by atoms with van der Waals surface area (Å²) in [6.07, 6.45) is 1.80. The zero-order chi connectivity index (χ0) is 15.3. The molecule has 2 aromatic carbocycles. The molecule has 1 aromatic heterocycles. The Balaban J connectivity index is 0.000000282. The third-order valence-electron chi connectivity index (χ3n) is 2.65. The van der Waals surface area contributed by atoms with Gasteiger partial charge >= 0.3 is 11.8 Å². The highest BCUT2D eigenvalue weighted by molar-refractivity contribution is 5.81. The lowest BCUT2D eigenvalue weighted by Gasteiger charge is -2.17. The molecule has 0 atom stereocenters. The number of para-hydroxylation sites is 1. The third-order valence-corrected chi connectivity index (χ3v) is 2.65. The molecule has 0 bridgehead atoms. The molecule has 6 heteroatoms. The van der Waals surface area contributed by atoms with Gasteiger partial charge in [-0.1, -0.05) is 42.5 Å². The summed E-state index contributed by atoms with van der Waals surface area (Å²) in [4.78, 5) is 0. The SMILES string of the molecule is [O-][Cl+3]([O-])([O-])[O-].c1ccc(-c2c[o+]c3ccccc3c2)cc1. The van der Waals surface area contributed by atoms with Crippen LogP contribution in [0.4, 0.5) is 0 Å². The second kappa shape index (κ2) is 6.62. The molecule has 0 radical (unpaired) electrons. The molecule has 21 heavy (non-hydrogen) atoms. The van der Waals surface area contributed by atoms with Crippen molar-refractivity contribution in [2.75, 3.05) is 0 Å². The Kier molecular flexibility index (Phi) is 4.85. The van der Waals surface area contributed by atoms with Crippen LogP contribution in [0, 0.1) is 10.2 Å². The molecule has 0 aliphatic rings. The highest BCUT2D eigenvalue weighted by atomic mass is 35.7. The van der Waals surface area contributed by atoms with E-state index in [1.165, 1.54) is 5.56 Å². The Morgan fingerprint density at radius 3 is 1.95 bits per heavy atom. The van der Waals surface area contributed by atoms with E-state index in [1.807, 2.05) is 36.4 Å². The highest BCUT2D eigenvalue weighted by Gasteiger charge is 2.08. The van der Waals surface area contributed by atoms with E-state index in [2.05, 4.69) is 24.3 Å². The molecule has 0 N–H and O–H groups in total. The van der Waals surface area contributed by atoms with Gasteiger partial charge in [0, 0.05) is 6.07 Å². The Morgan fingerprint density at radius 1 is 0.714 bits per heavy atom. The van der Waals surface area contributed by atoms with Crippen molar-refractivity contribution < 1.29 is 33.3 Å². The molecule has 0 saturated carbocycles.